The SMILES string of the molecule is COc1cc(OC)cc(-c2cc3c(Cl)nc(Cl)nc3cc2N)c1. The van der Waals surface area contributed by atoms with Crippen LogP contribution in [-0.4, -0.2) is 24.2 Å². The Labute approximate surface area is 143 Å². The molecule has 2 aromatic carbocycles. The molecule has 0 saturated carbocycles. The minimum absolute atomic E-state index is 0.0812. The van der Waals surface area contributed by atoms with Crippen LogP contribution < -0.4 is 15.2 Å². The van der Waals surface area contributed by atoms with Gasteiger partial charge in [0.25, 0.3) is 0 Å². The Morgan fingerprint density at radius 2 is 1.57 bits per heavy atom. The van der Waals surface area contributed by atoms with Crippen molar-refractivity contribution in [3.05, 3.63) is 40.8 Å². The molecule has 5 nitrogen and oxygen atoms in total. The van der Waals surface area contributed by atoms with E-state index < -0.39 is 0 Å². The van der Waals surface area contributed by atoms with E-state index in [-0.39, 0.29) is 10.4 Å². The van der Waals surface area contributed by atoms with Crippen LogP contribution in [0.3, 0.4) is 0 Å². The smallest absolute Gasteiger partial charge is 0.224 e. The zero-order valence-electron chi connectivity index (χ0n) is 12.4. The van der Waals surface area contributed by atoms with Crippen LogP contribution in [0.1, 0.15) is 0 Å². The first-order chi connectivity index (χ1) is 11.0. The van der Waals surface area contributed by atoms with Crippen LogP contribution in [0.5, 0.6) is 11.5 Å². The van der Waals surface area contributed by atoms with E-state index in [1.807, 2.05) is 18.2 Å². The number of aromatic nitrogens is 2. The molecule has 0 aliphatic heterocycles. The molecule has 1 heterocycles. The van der Waals surface area contributed by atoms with E-state index in [0.29, 0.717) is 28.1 Å². The molecule has 1 aromatic heterocycles. The summed E-state index contributed by atoms with van der Waals surface area (Å²) in [6, 6.07) is 9.07. The predicted molar refractivity (Wildman–Crippen MR) is 92.5 cm³/mol. The summed E-state index contributed by atoms with van der Waals surface area (Å²) in [5.74, 6) is 1.33. The Morgan fingerprint density at radius 1 is 0.913 bits per heavy atom. The average Bonchev–Trinajstić information content (AvgIpc) is 2.53. The molecule has 0 atom stereocenters. The number of hydrogen-bond acceptors (Lipinski definition) is 5. The van der Waals surface area contributed by atoms with Crippen LogP contribution in [-0.2, 0) is 0 Å². The Balaban J connectivity index is 2.26. The second-order valence-electron chi connectivity index (χ2n) is 4.84. The number of hydrogen-bond donors (Lipinski definition) is 1. The fraction of sp³-hybridized carbons (Fsp3) is 0.125. The molecule has 0 bridgehead atoms. The van der Waals surface area contributed by atoms with Crippen LogP contribution in [0, 0.1) is 0 Å². The van der Waals surface area contributed by atoms with E-state index in [4.69, 9.17) is 38.4 Å². The number of benzene rings is 2. The maximum absolute atomic E-state index is 6.17. The van der Waals surface area contributed by atoms with Crippen molar-refractivity contribution in [3.8, 4) is 22.6 Å². The lowest BCUT2D eigenvalue weighted by Gasteiger charge is -2.12. The maximum Gasteiger partial charge on any atom is 0.224 e. The normalized spacial score (nSPS) is 10.8. The topological polar surface area (TPSA) is 70.3 Å². The first kappa shape index (κ1) is 15.6. The number of nitrogen functional groups attached to an aromatic ring is 1. The van der Waals surface area contributed by atoms with Crippen molar-refractivity contribution in [3.63, 3.8) is 0 Å². The van der Waals surface area contributed by atoms with Crippen molar-refractivity contribution in [2.75, 3.05) is 20.0 Å². The number of rotatable bonds is 3. The second-order valence-corrected chi connectivity index (χ2v) is 5.54. The predicted octanol–water partition coefficient (Wildman–Crippen LogP) is 4.20. The molecule has 0 unspecified atom stereocenters. The summed E-state index contributed by atoms with van der Waals surface area (Å²) in [5.41, 5.74) is 8.92. The van der Waals surface area contributed by atoms with Gasteiger partial charge in [0, 0.05) is 22.7 Å². The molecule has 7 heteroatoms. The number of anilines is 1. The molecule has 0 fully saturated rings. The van der Waals surface area contributed by atoms with Crippen molar-refractivity contribution >= 4 is 39.8 Å². The fourth-order valence-corrected chi connectivity index (χ4v) is 2.79. The number of nitrogens with two attached hydrogens (primary N) is 1. The highest BCUT2D eigenvalue weighted by atomic mass is 35.5. The third kappa shape index (κ3) is 2.98. The van der Waals surface area contributed by atoms with Gasteiger partial charge in [0.05, 0.1) is 19.7 Å². The number of fused-ring (bicyclic) bond motifs is 1. The maximum atomic E-state index is 6.17. The van der Waals surface area contributed by atoms with E-state index in [2.05, 4.69) is 9.97 Å². The molecule has 0 spiro atoms. The second kappa shape index (κ2) is 6.10. The van der Waals surface area contributed by atoms with Crippen molar-refractivity contribution < 1.29 is 9.47 Å². The van der Waals surface area contributed by atoms with Gasteiger partial charge in [-0.2, -0.15) is 0 Å². The summed E-state index contributed by atoms with van der Waals surface area (Å²) in [7, 11) is 3.18. The molecule has 23 heavy (non-hydrogen) atoms. The lowest BCUT2D eigenvalue weighted by atomic mass is 10.0. The van der Waals surface area contributed by atoms with Gasteiger partial charge in [-0.05, 0) is 41.4 Å². The monoisotopic (exact) mass is 349 g/mol. The Bertz CT molecular complexity index is 878. The van der Waals surface area contributed by atoms with Crippen LogP contribution in [0.15, 0.2) is 30.3 Å². The molecule has 0 amide bonds. The van der Waals surface area contributed by atoms with Crippen molar-refractivity contribution in [2.24, 2.45) is 0 Å². The number of ether oxygens (including phenoxy) is 2. The van der Waals surface area contributed by atoms with Crippen LogP contribution in [0.4, 0.5) is 5.69 Å². The van der Waals surface area contributed by atoms with Gasteiger partial charge in [-0.1, -0.05) is 11.6 Å². The Kier molecular flexibility index (Phi) is 4.15. The van der Waals surface area contributed by atoms with Gasteiger partial charge >= 0.3 is 0 Å². The summed E-state index contributed by atoms with van der Waals surface area (Å²) < 4.78 is 10.6. The molecule has 3 aromatic rings. The van der Waals surface area contributed by atoms with Crippen molar-refractivity contribution in [2.45, 2.75) is 0 Å². The minimum atomic E-state index is 0.0812. The molecule has 0 saturated heterocycles. The van der Waals surface area contributed by atoms with Gasteiger partial charge in [0.2, 0.25) is 5.28 Å². The first-order valence-electron chi connectivity index (χ1n) is 6.67. The summed E-state index contributed by atoms with van der Waals surface area (Å²) in [6.07, 6.45) is 0. The zero-order chi connectivity index (χ0) is 16.6. The lowest BCUT2D eigenvalue weighted by molar-refractivity contribution is 0.394. The van der Waals surface area contributed by atoms with Gasteiger partial charge in [-0.3, -0.25) is 0 Å². The molecular weight excluding hydrogens is 337 g/mol. The van der Waals surface area contributed by atoms with E-state index in [0.717, 1.165) is 11.1 Å². The van der Waals surface area contributed by atoms with Crippen molar-refractivity contribution in [1.82, 2.24) is 9.97 Å². The summed E-state index contributed by atoms with van der Waals surface area (Å²) in [4.78, 5) is 8.10. The lowest BCUT2D eigenvalue weighted by Crippen LogP contribution is -1.95. The van der Waals surface area contributed by atoms with Gasteiger partial charge in [-0.15, -0.1) is 0 Å². The standard InChI is InChI=1S/C16H13Cl2N3O2/c1-22-9-3-8(4-10(5-9)23-2)11-6-12-14(7-13(11)19)20-16(18)21-15(12)17/h3-7H,19H2,1-2H3. The summed E-state index contributed by atoms with van der Waals surface area (Å²) in [5, 5.41) is 1.02. The van der Waals surface area contributed by atoms with E-state index in [9.17, 15) is 0 Å². The number of nitrogens with zero attached hydrogens (tertiary/aromatic N) is 2. The van der Waals surface area contributed by atoms with Crippen LogP contribution >= 0.6 is 23.2 Å². The fourth-order valence-electron chi connectivity index (χ4n) is 2.34. The highest BCUT2D eigenvalue weighted by Crippen LogP contribution is 2.36. The van der Waals surface area contributed by atoms with Crippen LogP contribution in [0.25, 0.3) is 22.0 Å². The molecule has 0 aliphatic rings. The molecular formula is C16H13Cl2N3O2. The molecule has 3 rings (SSSR count). The van der Waals surface area contributed by atoms with Gasteiger partial charge in [0.15, 0.2) is 0 Å². The molecule has 118 valence electrons. The third-order valence-electron chi connectivity index (χ3n) is 3.46. The summed E-state index contributed by atoms with van der Waals surface area (Å²) >= 11 is 12.0. The molecule has 0 aliphatic carbocycles. The number of halogens is 2. The highest BCUT2D eigenvalue weighted by molar-refractivity contribution is 6.35. The van der Waals surface area contributed by atoms with Crippen LogP contribution in [0.2, 0.25) is 10.4 Å². The summed E-state index contributed by atoms with van der Waals surface area (Å²) in [6.45, 7) is 0. The average molecular weight is 350 g/mol. The van der Waals surface area contributed by atoms with Gasteiger partial charge in [-0.25, -0.2) is 9.97 Å². The van der Waals surface area contributed by atoms with E-state index in [1.54, 1.807) is 26.4 Å². The molecule has 2 N–H and O–H groups in total. The Morgan fingerprint density at radius 3 is 2.17 bits per heavy atom. The quantitative estimate of drug-likeness (QED) is 0.435. The third-order valence-corrected chi connectivity index (χ3v) is 3.91. The highest BCUT2D eigenvalue weighted by Gasteiger charge is 2.12. The van der Waals surface area contributed by atoms with E-state index >= 15 is 0 Å². The van der Waals surface area contributed by atoms with Crippen molar-refractivity contribution in [1.29, 1.82) is 0 Å². The first-order valence-corrected chi connectivity index (χ1v) is 7.43. The van der Waals surface area contributed by atoms with Gasteiger partial charge in [0.1, 0.15) is 16.7 Å². The Hall–Kier alpha value is -2.24. The largest absolute Gasteiger partial charge is 0.497 e. The molecule has 0 radical (unpaired) electrons. The zero-order valence-corrected chi connectivity index (χ0v) is 13.9. The minimum Gasteiger partial charge on any atom is -0.497 e. The van der Waals surface area contributed by atoms with E-state index in [1.165, 1.54) is 0 Å². The number of methoxy groups -OCH3 is 2. The van der Waals surface area contributed by atoms with Gasteiger partial charge < -0.3 is 15.2 Å².